The summed E-state index contributed by atoms with van der Waals surface area (Å²) in [7, 11) is 0. The predicted molar refractivity (Wildman–Crippen MR) is 65.9 cm³/mol. The van der Waals surface area contributed by atoms with E-state index in [0.717, 1.165) is 18.4 Å². The van der Waals surface area contributed by atoms with Crippen molar-refractivity contribution in [3.8, 4) is 6.07 Å². The van der Waals surface area contributed by atoms with Gasteiger partial charge in [-0.15, -0.1) is 0 Å². The maximum absolute atomic E-state index is 8.80. The lowest BCUT2D eigenvalue weighted by Crippen LogP contribution is -2.04. The number of nitriles is 1. The molecule has 0 unspecified atom stereocenters. The molecule has 2 aromatic rings. The second kappa shape index (κ2) is 3.86. The summed E-state index contributed by atoms with van der Waals surface area (Å²) >= 11 is 6.05. The summed E-state index contributed by atoms with van der Waals surface area (Å²) < 4.78 is 0. The van der Waals surface area contributed by atoms with Crippen LogP contribution in [-0.4, -0.2) is 16.0 Å². The lowest BCUT2D eigenvalue weighted by molar-refractivity contribution is 1.11. The van der Waals surface area contributed by atoms with Gasteiger partial charge in [0.25, 0.3) is 0 Å². The van der Waals surface area contributed by atoms with Crippen molar-refractivity contribution in [2.45, 2.75) is 18.9 Å². The van der Waals surface area contributed by atoms with Gasteiger partial charge < -0.3 is 5.32 Å². The Hall–Kier alpha value is -1.86. The average Bonchev–Trinajstić information content (AvgIpc) is 3.13. The van der Waals surface area contributed by atoms with E-state index in [1.165, 1.54) is 0 Å². The first-order chi connectivity index (χ1) is 8.26. The number of hydrogen-bond donors (Lipinski definition) is 1. The fourth-order valence-corrected chi connectivity index (χ4v) is 1.80. The van der Waals surface area contributed by atoms with Crippen LogP contribution >= 0.6 is 11.6 Å². The molecule has 4 nitrogen and oxygen atoms in total. The Morgan fingerprint density at radius 1 is 1.29 bits per heavy atom. The smallest absolute Gasteiger partial charge is 0.172 e. The van der Waals surface area contributed by atoms with Crippen LogP contribution in [0.2, 0.25) is 5.15 Å². The van der Waals surface area contributed by atoms with Crippen molar-refractivity contribution in [2.75, 3.05) is 5.32 Å². The second-order valence-corrected chi connectivity index (χ2v) is 4.45. The van der Waals surface area contributed by atoms with Crippen molar-refractivity contribution in [3.05, 3.63) is 28.9 Å². The van der Waals surface area contributed by atoms with E-state index in [1.807, 2.05) is 0 Å². The Kier molecular flexibility index (Phi) is 2.34. The first kappa shape index (κ1) is 10.3. The van der Waals surface area contributed by atoms with Crippen molar-refractivity contribution < 1.29 is 0 Å². The summed E-state index contributed by atoms with van der Waals surface area (Å²) in [6.45, 7) is 0. The van der Waals surface area contributed by atoms with Gasteiger partial charge in [-0.3, -0.25) is 0 Å². The molecule has 84 valence electrons. The summed E-state index contributed by atoms with van der Waals surface area (Å²) in [5.74, 6) is 0.631. The van der Waals surface area contributed by atoms with Crippen LogP contribution in [0.1, 0.15) is 18.4 Å². The van der Waals surface area contributed by atoms with Crippen LogP contribution in [0.15, 0.2) is 18.2 Å². The third-order valence-electron chi connectivity index (χ3n) is 2.67. The zero-order chi connectivity index (χ0) is 11.8. The lowest BCUT2D eigenvalue weighted by Gasteiger charge is -2.06. The number of hydrogen-bond acceptors (Lipinski definition) is 4. The number of fused-ring (bicyclic) bond motifs is 1. The minimum absolute atomic E-state index is 0.361. The fraction of sp³-hybridized carbons (Fsp3) is 0.250. The van der Waals surface area contributed by atoms with E-state index in [1.54, 1.807) is 18.2 Å². The number of anilines is 1. The number of nitrogens with one attached hydrogen (secondary N) is 1. The molecule has 1 aliphatic rings. The van der Waals surface area contributed by atoms with E-state index in [-0.39, 0.29) is 0 Å². The minimum atomic E-state index is 0.361. The maximum atomic E-state index is 8.80. The molecular weight excluding hydrogens is 236 g/mol. The molecule has 1 fully saturated rings. The number of aromatic nitrogens is 2. The summed E-state index contributed by atoms with van der Waals surface area (Å²) in [5, 5.41) is 12.4. The highest BCUT2D eigenvalue weighted by Crippen LogP contribution is 2.28. The van der Waals surface area contributed by atoms with Crippen molar-refractivity contribution in [3.63, 3.8) is 0 Å². The predicted octanol–water partition coefficient (Wildman–Crippen LogP) is 2.73. The summed E-state index contributed by atoms with van der Waals surface area (Å²) in [6.07, 6.45) is 2.31. The Bertz CT molecular complexity index is 628. The number of rotatable bonds is 2. The third-order valence-corrected chi connectivity index (χ3v) is 2.93. The van der Waals surface area contributed by atoms with Gasteiger partial charge >= 0.3 is 0 Å². The molecule has 0 radical (unpaired) electrons. The molecule has 0 amide bonds. The highest BCUT2D eigenvalue weighted by Gasteiger charge is 2.22. The molecule has 0 atom stereocenters. The van der Waals surface area contributed by atoms with Crippen LogP contribution in [0.4, 0.5) is 5.82 Å². The van der Waals surface area contributed by atoms with E-state index >= 15 is 0 Å². The van der Waals surface area contributed by atoms with Crippen molar-refractivity contribution >= 4 is 28.5 Å². The highest BCUT2D eigenvalue weighted by molar-refractivity contribution is 6.32. The summed E-state index contributed by atoms with van der Waals surface area (Å²) in [4.78, 5) is 8.67. The van der Waals surface area contributed by atoms with Crippen LogP contribution in [-0.2, 0) is 0 Å². The average molecular weight is 245 g/mol. The fourth-order valence-electron chi connectivity index (χ4n) is 1.62. The standard InChI is InChI=1S/C12H9ClN4/c13-11-12(15-8-2-3-8)17-9-4-1-7(6-14)5-10(9)16-11/h1,4-5,8H,2-3H2,(H,15,17). The quantitative estimate of drug-likeness (QED) is 0.882. The zero-order valence-corrected chi connectivity index (χ0v) is 9.70. The maximum Gasteiger partial charge on any atom is 0.172 e. The van der Waals surface area contributed by atoms with Gasteiger partial charge in [0.2, 0.25) is 0 Å². The van der Waals surface area contributed by atoms with E-state index in [4.69, 9.17) is 16.9 Å². The second-order valence-electron chi connectivity index (χ2n) is 4.10. The van der Waals surface area contributed by atoms with Gasteiger partial charge in [0, 0.05) is 6.04 Å². The van der Waals surface area contributed by atoms with Gasteiger partial charge in [0.15, 0.2) is 11.0 Å². The Morgan fingerprint density at radius 2 is 2.12 bits per heavy atom. The third kappa shape index (κ3) is 2.02. The van der Waals surface area contributed by atoms with Crippen LogP contribution in [0.3, 0.4) is 0 Å². The van der Waals surface area contributed by atoms with Crippen molar-refractivity contribution in [1.82, 2.24) is 9.97 Å². The van der Waals surface area contributed by atoms with Crippen LogP contribution in [0.5, 0.6) is 0 Å². The number of benzene rings is 1. The molecule has 0 aliphatic heterocycles. The lowest BCUT2D eigenvalue weighted by atomic mass is 10.2. The first-order valence-corrected chi connectivity index (χ1v) is 5.78. The zero-order valence-electron chi connectivity index (χ0n) is 8.94. The molecule has 1 heterocycles. The normalized spacial score (nSPS) is 14.6. The highest BCUT2D eigenvalue weighted by atomic mass is 35.5. The Balaban J connectivity index is 2.09. The van der Waals surface area contributed by atoms with Gasteiger partial charge in [-0.2, -0.15) is 5.26 Å². The summed E-state index contributed by atoms with van der Waals surface area (Å²) in [5.41, 5.74) is 1.96. The molecule has 3 rings (SSSR count). The van der Waals surface area contributed by atoms with Gasteiger partial charge in [0.1, 0.15) is 0 Å². The van der Waals surface area contributed by atoms with Crippen LogP contribution < -0.4 is 5.32 Å². The monoisotopic (exact) mass is 244 g/mol. The molecule has 1 N–H and O–H groups in total. The molecule has 1 aliphatic carbocycles. The van der Waals surface area contributed by atoms with E-state index in [2.05, 4.69) is 21.4 Å². The summed E-state index contributed by atoms with van der Waals surface area (Å²) in [6, 6.07) is 7.76. The number of nitrogens with zero attached hydrogens (tertiary/aromatic N) is 3. The molecule has 1 aromatic carbocycles. The SMILES string of the molecule is N#Cc1ccc2nc(NC3CC3)c(Cl)nc2c1. The molecule has 1 saturated carbocycles. The van der Waals surface area contributed by atoms with Gasteiger partial charge in [0.05, 0.1) is 22.7 Å². The van der Waals surface area contributed by atoms with Gasteiger partial charge in [-0.1, -0.05) is 11.6 Å². The minimum Gasteiger partial charge on any atom is -0.365 e. The molecule has 0 spiro atoms. The van der Waals surface area contributed by atoms with Crippen molar-refractivity contribution in [2.24, 2.45) is 0 Å². The molecule has 5 heteroatoms. The van der Waals surface area contributed by atoms with Crippen LogP contribution in [0, 0.1) is 11.3 Å². The Morgan fingerprint density at radius 3 is 2.82 bits per heavy atom. The molecule has 1 aromatic heterocycles. The molecular formula is C12H9ClN4. The molecule has 0 saturated heterocycles. The molecule has 0 bridgehead atoms. The Labute approximate surface area is 103 Å². The largest absolute Gasteiger partial charge is 0.365 e. The van der Waals surface area contributed by atoms with Gasteiger partial charge in [-0.05, 0) is 31.0 Å². The van der Waals surface area contributed by atoms with E-state index in [9.17, 15) is 0 Å². The van der Waals surface area contributed by atoms with Crippen LogP contribution in [0.25, 0.3) is 11.0 Å². The number of halogens is 1. The van der Waals surface area contributed by atoms with Crippen molar-refractivity contribution in [1.29, 1.82) is 5.26 Å². The topological polar surface area (TPSA) is 61.6 Å². The first-order valence-electron chi connectivity index (χ1n) is 5.40. The van der Waals surface area contributed by atoms with Gasteiger partial charge in [-0.25, -0.2) is 9.97 Å². The van der Waals surface area contributed by atoms with E-state index in [0.29, 0.717) is 28.1 Å². The van der Waals surface area contributed by atoms with E-state index < -0.39 is 0 Å². The molecule has 17 heavy (non-hydrogen) atoms.